The Kier molecular flexibility index (Phi) is 3.68. The summed E-state index contributed by atoms with van der Waals surface area (Å²) >= 11 is 5.67. The van der Waals surface area contributed by atoms with Crippen LogP contribution in [0.1, 0.15) is 6.42 Å². The van der Waals surface area contributed by atoms with Crippen molar-refractivity contribution in [3.63, 3.8) is 0 Å². The summed E-state index contributed by atoms with van der Waals surface area (Å²) in [4.78, 5) is 0.0798. The van der Waals surface area contributed by atoms with Gasteiger partial charge < -0.3 is 0 Å². The van der Waals surface area contributed by atoms with Crippen LogP contribution in [-0.2, 0) is 19.9 Å². The van der Waals surface area contributed by atoms with Gasteiger partial charge >= 0.3 is 0 Å². The maximum atomic E-state index is 12.0. The van der Waals surface area contributed by atoms with Gasteiger partial charge in [0.15, 0.2) is 9.84 Å². The average Bonchev–Trinajstić information content (AvgIpc) is 2.57. The molecule has 0 bridgehead atoms. The van der Waals surface area contributed by atoms with Crippen LogP contribution >= 0.6 is 11.6 Å². The molecule has 0 amide bonds. The molecule has 1 unspecified atom stereocenters. The number of sulfone groups is 1. The highest BCUT2D eigenvalue weighted by atomic mass is 35.5. The molecule has 1 saturated heterocycles. The van der Waals surface area contributed by atoms with Gasteiger partial charge in [0.2, 0.25) is 10.0 Å². The molecule has 0 saturated carbocycles. The average molecular weight is 310 g/mol. The quantitative estimate of drug-likeness (QED) is 0.896. The third kappa shape index (κ3) is 3.23. The van der Waals surface area contributed by atoms with E-state index in [2.05, 4.69) is 4.72 Å². The molecule has 1 aliphatic rings. The summed E-state index contributed by atoms with van der Waals surface area (Å²) in [7, 11) is -6.79. The van der Waals surface area contributed by atoms with Gasteiger partial charge in [0.05, 0.1) is 16.4 Å². The first kappa shape index (κ1) is 13.8. The Balaban J connectivity index is 2.16. The number of hydrogen-bond donors (Lipinski definition) is 1. The van der Waals surface area contributed by atoms with Crippen LogP contribution in [0.4, 0.5) is 0 Å². The Hall–Kier alpha value is -0.630. The molecule has 18 heavy (non-hydrogen) atoms. The molecule has 1 aromatic rings. The molecule has 1 aliphatic heterocycles. The molecule has 0 spiro atoms. The highest BCUT2D eigenvalue weighted by Crippen LogP contribution is 2.17. The van der Waals surface area contributed by atoms with E-state index in [1.807, 2.05) is 0 Å². The predicted octanol–water partition coefficient (Wildman–Crippen LogP) is 0.805. The van der Waals surface area contributed by atoms with E-state index in [1.54, 1.807) is 0 Å². The van der Waals surface area contributed by atoms with Crippen molar-refractivity contribution in [1.82, 2.24) is 4.72 Å². The smallest absolute Gasteiger partial charge is 0.229 e. The lowest BCUT2D eigenvalue weighted by Crippen LogP contribution is -2.35. The van der Waals surface area contributed by atoms with E-state index in [4.69, 9.17) is 11.6 Å². The minimum absolute atomic E-state index is 0.0286. The van der Waals surface area contributed by atoms with Crippen LogP contribution in [0, 0.1) is 0 Å². The van der Waals surface area contributed by atoms with E-state index in [9.17, 15) is 16.8 Å². The van der Waals surface area contributed by atoms with Gasteiger partial charge in [0, 0.05) is 11.1 Å². The van der Waals surface area contributed by atoms with Crippen molar-refractivity contribution in [2.24, 2.45) is 0 Å². The maximum absolute atomic E-state index is 12.0. The Morgan fingerprint density at radius 1 is 1.22 bits per heavy atom. The maximum Gasteiger partial charge on any atom is 0.240 e. The van der Waals surface area contributed by atoms with Gasteiger partial charge in [-0.15, -0.1) is 0 Å². The number of nitrogens with one attached hydrogen (secondary N) is 1. The lowest BCUT2D eigenvalue weighted by Gasteiger charge is -2.11. The molecule has 1 atom stereocenters. The monoisotopic (exact) mass is 309 g/mol. The molecule has 8 heteroatoms. The molecule has 0 radical (unpaired) electrons. The molecule has 5 nitrogen and oxygen atoms in total. The topological polar surface area (TPSA) is 80.3 Å². The van der Waals surface area contributed by atoms with Gasteiger partial charge in [-0.25, -0.2) is 21.6 Å². The standard InChI is InChI=1S/C10H12ClNO4S2/c11-8-1-3-10(4-2-8)18(15,16)12-9-5-6-17(13,14)7-9/h1-4,9,12H,5-7H2. The minimum atomic E-state index is -3.68. The number of rotatable bonds is 3. The van der Waals surface area contributed by atoms with Crippen molar-refractivity contribution in [3.05, 3.63) is 29.3 Å². The Morgan fingerprint density at radius 3 is 2.33 bits per heavy atom. The fraction of sp³-hybridized carbons (Fsp3) is 0.400. The van der Waals surface area contributed by atoms with Gasteiger partial charge in [-0.3, -0.25) is 0 Å². The van der Waals surface area contributed by atoms with Gasteiger partial charge in [-0.05, 0) is 30.7 Å². The number of hydrogen-bond acceptors (Lipinski definition) is 4. The highest BCUT2D eigenvalue weighted by Gasteiger charge is 2.31. The minimum Gasteiger partial charge on any atom is -0.229 e. The molecule has 1 heterocycles. The second-order valence-corrected chi connectivity index (χ2v) is 8.55. The normalized spacial score (nSPS) is 23.1. The van der Waals surface area contributed by atoms with E-state index >= 15 is 0 Å². The number of benzene rings is 1. The first-order valence-electron chi connectivity index (χ1n) is 5.27. The molecule has 1 N–H and O–H groups in total. The summed E-state index contributed by atoms with van der Waals surface area (Å²) in [5, 5.41) is 0.442. The third-order valence-electron chi connectivity index (χ3n) is 2.68. The largest absolute Gasteiger partial charge is 0.240 e. The number of sulfonamides is 1. The zero-order valence-corrected chi connectivity index (χ0v) is 11.7. The van der Waals surface area contributed by atoms with Crippen molar-refractivity contribution in [1.29, 1.82) is 0 Å². The third-order valence-corrected chi connectivity index (χ3v) is 6.23. The fourth-order valence-electron chi connectivity index (χ4n) is 1.79. The molecule has 1 fully saturated rings. The highest BCUT2D eigenvalue weighted by molar-refractivity contribution is 7.92. The van der Waals surface area contributed by atoms with Crippen molar-refractivity contribution >= 4 is 31.5 Å². The lowest BCUT2D eigenvalue weighted by atomic mass is 10.3. The second kappa shape index (κ2) is 4.80. The SMILES string of the molecule is O=S1(=O)CCC(NS(=O)(=O)c2ccc(Cl)cc2)C1. The first-order valence-corrected chi connectivity index (χ1v) is 8.95. The zero-order valence-electron chi connectivity index (χ0n) is 9.34. The Morgan fingerprint density at radius 2 is 1.83 bits per heavy atom. The summed E-state index contributed by atoms with van der Waals surface area (Å²) in [6, 6.07) is 5.17. The van der Waals surface area contributed by atoms with Gasteiger partial charge in [-0.2, -0.15) is 0 Å². The van der Waals surface area contributed by atoms with Crippen LogP contribution in [0.2, 0.25) is 5.02 Å². The molecule has 0 aliphatic carbocycles. The second-order valence-electron chi connectivity index (χ2n) is 4.18. The van der Waals surface area contributed by atoms with Gasteiger partial charge in [0.1, 0.15) is 0 Å². The summed E-state index contributed by atoms with van der Waals surface area (Å²) < 4.78 is 48.8. The molecular formula is C10H12ClNO4S2. The van der Waals surface area contributed by atoms with Gasteiger partial charge in [-0.1, -0.05) is 11.6 Å². The van der Waals surface area contributed by atoms with Crippen LogP contribution < -0.4 is 4.72 Å². The molecule has 2 rings (SSSR count). The van der Waals surface area contributed by atoms with E-state index in [-0.39, 0.29) is 16.4 Å². The predicted molar refractivity (Wildman–Crippen MR) is 68.8 cm³/mol. The van der Waals surface area contributed by atoms with Crippen LogP contribution in [-0.4, -0.2) is 34.4 Å². The molecular weight excluding hydrogens is 298 g/mol. The Labute approximate surface area is 111 Å². The molecule has 100 valence electrons. The summed E-state index contributed by atoms with van der Waals surface area (Å²) in [5.74, 6) is -0.110. The number of halogens is 1. The summed E-state index contributed by atoms with van der Waals surface area (Å²) in [5.41, 5.74) is 0. The molecule has 0 aromatic heterocycles. The van der Waals surface area contributed by atoms with E-state index in [0.29, 0.717) is 11.4 Å². The van der Waals surface area contributed by atoms with Crippen molar-refractivity contribution in [3.8, 4) is 0 Å². The van der Waals surface area contributed by atoms with Crippen molar-refractivity contribution in [2.45, 2.75) is 17.4 Å². The van der Waals surface area contributed by atoms with Gasteiger partial charge in [0.25, 0.3) is 0 Å². The Bertz CT molecular complexity index is 637. The van der Waals surface area contributed by atoms with Crippen LogP contribution in [0.15, 0.2) is 29.2 Å². The van der Waals surface area contributed by atoms with E-state index in [1.165, 1.54) is 24.3 Å². The van der Waals surface area contributed by atoms with E-state index < -0.39 is 25.9 Å². The van der Waals surface area contributed by atoms with Crippen LogP contribution in [0.25, 0.3) is 0 Å². The zero-order chi connectivity index (χ0) is 13.4. The van der Waals surface area contributed by atoms with Crippen molar-refractivity contribution in [2.75, 3.05) is 11.5 Å². The lowest BCUT2D eigenvalue weighted by molar-refractivity contribution is 0.562. The summed E-state index contributed by atoms with van der Waals surface area (Å²) in [6.07, 6.45) is 0.315. The van der Waals surface area contributed by atoms with Crippen LogP contribution in [0.5, 0.6) is 0 Å². The first-order chi connectivity index (χ1) is 8.28. The fourth-order valence-corrected chi connectivity index (χ4v) is 4.96. The molecule has 1 aromatic carbocycles. The van der Waals surface area contributed by atoms with Crippen molar-refractivity contribution < 1.29 is 16.8 Å². The van der Waals surface area contributed by atoms with E-state index in [0.717, 1.165) is 0 Å². The van der Waals surface area contributed by atoms with Crippen LogP contribution in [0.3, 0.4) is 0 Å². The summed E-state index contributed by atoms with van der Waals surface area (Å²) in [6.45, 7) is 0.